The van der Waals surface area contributed by atoms with Gasteiger partial charge in [0.25, 0.3) is 11.8 Å². The lowest BCUT2D eigenvalue weighted by Crippen LogP contribution is -2.55. The monoisotopic (exact) mass is 1660 g/mol. The Kier molecular flexibility index (Phi) is 43.7. The molecule has 0 unspecified atom stereocenters. The number of nitrogens with one attached hydrogen (secondary N) is 8. The smallest absolute Gasteiger partial charge is 0.327 e. The van der Waals surface area contributed by atoms with Crippen molar-refractivity contribution < 1.29 is 134 Å². The van der Waals surface area contributed by atoms with Gasteiger partial charge in [-0.1, -0.05) is 106 Å². The summed E-state index contributed by atoms with van der Waals surface area (Å²) in [7, 11) is 2.32. The van der Waals surface area contributed by atoms with Gasteiger partial charge in [-0.2, -0.15) is 0 Å². The van der Waals surface area contributed by atoms with E-state index < -0.39 is 258 Å². The van der Waals surface area contributed by atoms with E-state index >= 15 is 0 Å². The summed E-state index contributed by atoms with van der Waals surface area (Å²) in [5.41, 5.74) is 1.12. The van der Waals surface area contributed by atoms with Crippen LogP contribution in [0.25, 0.3) is 0 Å². The molecule has 2 aliphatic rings. The van der Waals surface area contributed by atoms with Gasteiger partial charge >= 0.3 is 23.9 Å². The van der Waals surface area contributed by atoms with E-state index in [4.69, 9.17) is 5.11 Å². The molecule has 39 heteroatoms. The molecule has 115 heavy (non-hydrogen) atoms. The SMILES string of the molecule is CCSSC[C@@H](NC(=O)[C@@H](CCC(=O)NC[C@H](O)[C@@H](O)[C@H](O)[C@H](O)CO)NC(=O)[C@@H](CCC(=O)O)CC(=O)[C@@H](CCC(=O)NC[C@H](O)[C@@H](O)[C@H](O)[C@H](O)CO)NC(=O)[C@@H](CCC(=O)O)CC(=O)CCCCCCCNC(=O)c1cccc(NC(=O)N[C@@H]2CN(C3CCCCC3)c3ccccc3N(CC(=O)C(C)(C)C)C2=O)c1)C(=O)O. The Morgan fingerprint density at radius 1 is 0.557 bits per heavy atom. The van der Waals surface area contributed by atoms with Crippen molar-refractivity contribution in [3.8, 4) is 0 Å². The Morgan fingerprint density at radius 2 is 1.08 bits per heavy atom. The summed E-state index contributed by atoms with van der Waals surface area (Å²) in [6, 6.07) is 6.72. The van der Waals surface area contributed by atoms with E-state index in [0.717, 1.165) is 48.6 Å². The lowest BCUT2D eigenvalue weighted by atomic mass is 9.90. The number of rotatable bonds is 54. The molecule has 4 rings (SSSR count). The molecule has 1 aliphatic carbocycles. The van der Waals surface area contributed by atoms with Crippen LogP contribution in [0.2, 0.25) is 0 Å². The van der Waals surface area contributed by atoms with Crippen molar-refractivity contribution >= 4 is 121 Å². The number of Topliss-reactive ketones (excluding diaryl/α,β-unsaturated/α-hetero) is 3. The number of carboxylic acids is 3. The van der Waals surface area contributed by atoms with E-state index in [1.54, 1.807) is 45.9 Å². The number of para-hydroxylation sites is 2. The maximum absolute atomic E-state index is 14.6. The highest BCUT2D eigenvalue weighted by Gasteiger charge is 2.41. The van der Waals surface area contributed by atoms with Gasteiger partial charge in [0, 0.05) is 117 Å². The maximum Gasteiger partial charge on any atom is 0.327 e. The van der Waals surface area contributed by atoms with Gasteiger partial charge in [-0.25, -0.2) is 9.59 Å². The number of aliphatic hydroxyl groups excluding tert-OH is 10. The highest BCUT2D eigenvalue weighted by atomic mass is 33.1. The summed E-state index contributed by atoms with van der Waals surface area (Å²) >= 11 is 0. The summed E-state index contributed by atoms with van der Waals surface area (Å²) in [4.78, 5) is 192. The number of anilines is 3. The number of hydrogen-bond donors (Lipinski definition) is 21. The second kappa shape index (κ2) is 50.9. The van der Waals surface area contributed by atoms with Crippen molar-refractivity contribution in [3.63, 3.8) is 0 Å². The molecule has 644 valence electrons. The maximum atomic E-state index is 14.6. The number of unbranched alkanes of at least 4 members (excludes halogenated alkanes) is 4. The number of ketones is 3. The van der Waals surface area contributed by atoms with E-state index in [1.165, 1.54) is 21.8 Å². The van der Waals surface area contributed by atoms with Gasteiger partial charge in [0.05, 0.1) is 49.4 Å². The second-order valence-corrected chi connectivity index (χ2v) is 32.5. The standard InChI is InChI=1S/C76H116N10O27S2/c1-5-114-115-42-52(74(111)112)83-72(109)50(27-29-62(97)79-37-57(92)66(103)68(105)59(94)41-88)82-71(108)45(25-31-64(100)101)35-55(90)49(26-28-61(96)78-36-56(91)65(102)67(104)58(93)40-87)81-70(107)44(24-30-63(98)99)34-48(89)21-12-7-6-8-15-32-77-69(106)43-17-16-18-46(33-43)80-75(113)84-51-38-85(47-19-10-9-11-20-47)53-22-13-14-23-54(53)86(73(51)110)39-60(95)76(2,3)4/h13-14,16-18,22-23,33,44-45,47,49-52,56-59,65-68,87-88,91-94,102-105H,5-12,15,19-21,24-32,34-42H2,1-4H3,(H,77,106)(H,78,96)(H,79,97)(H,81,107)(H,82,108)(H,83,109)(H,98,99)(H,100,101)(H,111,112)(H2,80,84,113)/t44-,45-,49+,50+,51+,52+,56-,57-,58+,59+,65+,66+,67+,68+/m0/s1. The van der Waals surface area contributed by atoms with Gasteiger partial charge < -0.3 is 119 Å². The van der Waals surface area contributed by atoms with Crippen molar-refractivity contribution in [1.29, 1.82) is 0 Å². The van der Waals surface area contributed by atoms with Crippen molar-refractivity contribution in [1.82, 2.24) is 37.2 Å². The van der Waals surface area contributed by atoms with Crippen LogP contribution in [0.4, 0.5) is 21.9 Å². The average molecular weight is 1670 g/mol. The quantitative estimate of drug-likeness (QED) is 0.0294. The average Bonchev–Trinajstić information content (AvgIpc) is 1.66. The van der Waals surface area contributed by atoms with Gasteiger partial charge in [-0.3, -0.25) is 57.5 Å². The zero-order valence-electron chi connectivity index (χ0n) is 65.2. The third kappa shape index (κ3) is 34.7. The summed E-state index contributed by atoms with van der Waals surface area (Å²) in [6.45, 7) is 3.71. The predicted molar refractivity (Wildman–Crippen MR) is 421 cm³/mol. The highest BCUT2D eigenvalue weighted by molar-refractivity contribution is 8.76. The molecule has 14 atom stereocenters. The first-order chi connectivity index (χ1) is 54.4. The molecule has 37 nitrogen and oxygen atoms in total. The van der Waals surface area contributed by atoms with Crippen LogP contribution in [0, 0.1) is 17.3 Å². The highest BCUT2D eigenvalue weighted by Crippen LogP contribution is 2.38. The van der Waals surface area contributed by atoms with Gasteiger partial charge in [-0.05, 0) is 81.7 Å². The fraction of sp³-hybridized carbons (Fsp3) is 0.658. The fourth-order valence-electron chi connectivity index (χ4n) is 12.7. The number of urea groups is 1. The van der Waals surface area contributed by atoms with Crippen LogP contribution in [0.15, 0.2) is 48.5 Å². The van der Waals surface area contributed by atoms with E-state index in [0.29, 0.717) is 43.5 Å². The number of nitrogens with zero attached hydrogens (tertiary/aromatic N) is 2. The second-order valence-electron chi connectivity index (χ2n) is 29.7. The van der Waals surface area contributed by atoms with Crippen molar-refractivity contribution in [3.05, 3.63) is 54.1 Å². The van der Waals surface area contributed by atoms with Crippen LogP contribution in [0.1, 0.15) is 173 Å². The number of aliphatic hydroxyl groups is 10. The number of benzene rings is 2. The Bertz CT molecular complexity index is 3550. The van der Waals surface area contributed by atoms with Gasteiger partial charge in [0.2, 0.25) is 29.5 Å². The van der Waals surface area contributed by atoms with Gasteiger partial charge in [0.15, 0.2) is 11.6 Å². The third-order valence-corrected chi connectivity index (χ3v) is 22.1. The molecule has 2 aromatic carbocycles. The summed E-state index contributed by atoms with van der Waals surface area (Å²) in [6.07, 6.45) is -15.7. The Labute approximate surface area is 674 Å². The molecular formula is C76H116N10O27S2. The van der Waals surface area contributed by atoms with Crippen LogP contribution in [-0.4, -0.2) is 286 Å². The minimum Gasteiger partial charge on any atom is -0.481 e. The van der Waals surface area contributed by atoms with Gasteiger partial charge in [0.1, 0.15) is 60.5 Å². The molecule has 0 radical (unpaired) electrons. The van der Waals surface area contributed by atoms with Crippen molar-refractivity contribution in [2.75, 3.05) is 72.6 Å². The Morgan fingerprint density at radius 3 is 1.63 bits per heavy atom. The number of aliphatic carboxylic acids is 3. The first kappa shape index (κ1) is 98.9. The number of amides is 9. The van der Waals surface area contributed by atoms with Crippen LogP contribution < -0.4 is 52.3 Å². The van der Waals surface area contributed by atoms with Crippen molar-refractivity contribution in [2.24, 2.45) is 17.3 Å². The van der Waals surface area contributed by atoms with Crippen LogP contribution in [0.5, 0.6) is 0 Å². The normalized spacial score (nSPS) is 17.3. The van der Waals surface area contributed by atoms with E-state index in [1.807, 2.05) is 24.3 Å². The molecule has 21 N–H and O–H groups in total. The molecule has 9 amide bonds. The molecule has 1 aliphatic heterocycles. The van der Waals surface area contributed by atoms with E-state index in [9.17, 15) is 128 Å². The molecule has 0 spiro atoms. The lowest BCUT2D eigenvalue weighted by Gasteiger charge is -2.37. The predicted octanol–water partition coefficient (Wildman–Crippen LogP) is -0.467. The van der Waals surface area contributed by atoms with Crippen LogP contribution in [-0.2, 0) is 57.5 Å². The van der Waals surface area contributed by atoms with Crippen LogP contribution >= 0.6 is 21.6 Å². The lowest BCUT2D eigenvalue weighted by molar-refractivity contribution is -0.142. The molecule has 1 fully saturated rings. The minimum absolute atomic E-state index is 0.0931. The first-order valence-electron chi connectivity index (χ1n) is 38.6. The van der Waals surface area contributed by atoms with Crippen LogP contribution in [0.3, 0.4) is 0 Å². The molecule has 0 aromatic heterocycles. The zero-order valence-corrected chi connectivity index (χ0v) is 66.9. The van der Waals surface area contributed by atoms with E-state index in [-0.39, 0.29) is 54.9 Å². The minimum atomic E-state index is -2.12. The van der Waals surface area contributed by atoms with E-state index in [2.05, 4.69) is 47.4 Å². The largest absolute Gasteiger partial charge is 0.481 e. The zero-order chi connectivity index (χ0) is 85.6. The number of carboxylic acid groups (broad SMARTS) is 3. The topological polar surface area (TPSA) is 605 Å². The molecule has 0 bridgehead atoms. The number of carbonyl (C=O) groups excluding carboxylic acids is 11. The molecule has 0 saturated heterocycles. The Balaban J connectivity index is 1.45. The first-order valence-corrected chi connectivity index (χ1v) is 41.1. The molecule has 1 saturated carbocycles. The third-order valence-electron chi connectivity index (χ3n) is 19.6. The fourth-order valence-corrected chi connectivity index (χ4v) is 14.5. The Hall–Kier alpha value is -8.48. The summed E-state index contributed by atoms with van der Waals surface area (Å²) in [5, 5.41) is 149. The van der Waals surface area contributed by atoms with Crippen molar-refractivity contribution in [2.45, 2.75) is 242 Å². The molecule has 2 aromatic rings. The van der Waals surface area contributed by atoms with Gasteiger partial charge in [-0.15, -0.1) is 0 Å². The number of hydrogen-bond acceptors (Lipinski definition) is 27. The molecule has 1 heterocycles. The number of carbonyl (C=O) groups is 14. The summed E-state index contributed by atoms with van der Waals surface area (Å²) < 4.78 is 0. The summed E-state index contributed by atoms with van der Waals surface area (Å²) in [5.74, 6) is -15.3. The number of fused-ring (bicyclic) bond motifs is 1. The molecular weight excluding hydrogens is 1550 g/mol.